The molecule has 0 heterocycles. The quantitative estimate of drug-likeness (QED) is 0.402. The molecule has 1 aliphatic rings. The van der Waals surface area contributed by atoms with Gasteiger partial charge in [-0.3, -0.25) is 5.73 Å². The van der Waals surface area contributed by atoms with Gasteiger partial charge in [-0.05, 0) is 6.08 Å². The van der Waals surface area contributed by atoms with Crippen LogP contribution in [-0.2, 0) is 0 Å². The Hall–Kier alpha value is -0.800. The minimum Gasteiger partial charge on any atom is -0.508 e. The van der Waals surface area contributed by atoms with Gasteiger partial charge in [0.05, 0.1) is 0 Å². The third-order valence-corrected chi connectivity index (χ3v) is 1.26. The van der Waals surface area contributed by atoms with Crippen LogP contribution in [0.15, 0.2) is 24.0 Å². The van der Waals surface area contributed by atoms with Crippen LogP contribution >= 0.6 is 0 Å². The van der Waals surface area contributed by atoms with Crippen LogP contribution in [-0.4, -0.2) is 15.9 Å². The molecule has 9 heavy (non-hydrogen) atoms. The summed E-state index contributed by atoms with van der Waals surface area (Å²) in [4.78, 5) is 0. The Balaban J connectivity index is 2.83. The van der Waals surface area contributed by atoms with Crippen molar-refractivity contribution in [1.29, 1.82) is 0 Å². The lowest BCUT2D eigenvalue weighted by atomic mass is 10.0. The van der Waals surface area contributed by atoms with Crippen molar-refractivity contribution in [3.63, 3.8) is 0 Å². The maximum absolute atomic E-state index is 9.05. The average molecular weight is 127 g/mol. The predicted octanol–water partition coefficient (Wildman–Crippen LogP) is 0.0355. The highest BCUT2D eigenvalue weighted by Gasteiger charge is 2.25. The summed E-state index contributed by atoms with van der Waals surface area (Å²) in [5.74, 6) is -0.176. The fraction of sp³-hybridized carbons (Fsp3) is 0.333. The summed E-state index contributed by atoms with van der Waals surface area (Å²) >= 11 is 0. The Morgan fingerprint density at radius 3 is 2.67 bits per heavy atom. The van der Waals surface area contributed by atoms with E-state index in [0.717, 1.165) is 0 Å². The molecule has 0 saturated heterocycles. The van der Waals surface area contributed by atoms with Crippen LogP contribution in [0.1, 0.15) is 6.42 Å². The Labute approximate surface area is 53.1 Å². The average Bonchev–Trinajstić information content (AvgIpc) is 1.77. The van der Waals surface area contributed by atoms with E-state index in [1.165, 1.54) is 6.08 Å². The van der Waals surface area contributed by atoms with Crippen molar-refractivity contribution in [3.05, 3.63) is 24.0 Å². The summed E-state index contributed by atoms with van der Waals surface area (Å²) in [7, 11) is 0. The summed E-state index contributed by atoms with van der Waals surface area (Å²) in [6, 6.07) is 0. The van der Waals surface area contributed by atoms with E-state index in [2.05, 4.69) is 0 Å². The molecule has 0 radical (unpaired) electrons. The summed E-state index contributed by atoms with van der Waals surface area (Å²) in [5, 5.41) is 17.9. The first-order valence-corrected chi connectivity index (χ1v) is 2.70. The van der Waals surface area contributed by atoms with E-state index in [1.54, 1.807) is 12.2 Å². The first kappa shape index (κ1) is 6.32. The SMILES string of the molecule is NC1(O)CC=CC=C1O. The third kappa shape index (κ3) is 1.12. The van der Waals surface area contributed by atoms with Crippen LogP contribution in [0.25, 0.3) is 0 Å². The molecular formula is C6H9NO2. The fourth-order valence-electron chi connectivity index (χ4n) is 0.656. The Kier molecular flexibility index (Phi) is 1.31. The molecule has 0 saturated carbocycles. The van der Waals surface area contributed by atoms with Crippen LogP contribution in [0, 0.1) is 0 Å². The molecule has 0 fully saturated rings. The zero-order chi connectivity index (χ0) is 6.91. The van der Waals surface area contributed by atoms with Crippen LogP contribution in [0.4, 0.5) is 0 Å². The highest BCUT2D eigenvalue weighted by Crippen LogP contribution is 2.16. The lowest BCUT2D eigenvalue weighted by molar-refractivity contribution is 0.0425. The van der Waals surface area contributed by atoms with E-state index < -0.39 is 5.72 Å². The second-order valence-electron chi connectivity index (χ2n) is 2.11. The summed E-state index contributed by atoms with van der Waals surface area (Å²) < 4.78 is 0. The molecule has 3 heteroatoms. The van der Waals surface area contributed by atoms with E-state index in [9.17, 15) is 0 Å². The molecule has 1 unspecified atom stereocenters. The van der Waals surface area contributed by atoms with Crippen molar-refractivity contribution < 1.29 is 10.2 Å². The van der Waals surface area contributed by atoms with Crippen LogP contribution in [0.3, 0.4) is 0 Å². The molecule has 4 N–H and O–H groups in total. The molecule has 3 nitrogen and oxygen atoms in total. The summed E-state index contributed by atoms with van der Waals surface area (Å²) in [6.07, 6.45) is 5.00. The molecule has 0 aromatic heterocycles. The van der Waals surface area contributed by atoms with Gasteiger partial charge in [-0.25, -0.2) is 0 Å². The van der Waals surface area contributed by atoms with Gasteiger partial charge in [-0.2, -0.15) is 0 Å². The molecule has 0 aromatic rings. The maximum atomic E-state index is 9.05. The van der Waals surface area contributed by atoms with Gasteiger partial charge in [0, 0.05) is 6.42 Å². The molecule has 0 amide bonds. The maximum Gasteiger partial charge on any atom is 0.175 e. The highest BCUT2D eigenvalue weighted by molar-refractivity contribution is 5.20. The van der Waals surface area contributed by atoms with Crippen molar-refractivity contribution in [2.45, 2.75) is 12.1 Å². The van der Waals surface area contributed by atoms with Crippen molar-refractivity contribution in [3.8, 4) is 0 Å². The zero-order valence-electron chi connectivity index (χ0n) is 4.91. The monoisotopic (exact) mass is 127 g/mol. The molecule has 0 spiro atoms. The van der Waals surface area contributed by atoms with Crippen LogP contribution in [0.5, 0.6) is 0 Å². The van der Waals surface area contributed by atoms with E-state index in [0.29, 0.717) is 0 Å². The second kappa shape index (κ2) is 1.86. The van der Waals surface area contributed by atoms with Gasteiger partial charge >= 0.3 is 0 Å². The Morgan fingerprint density at radius 2 is 2.33 bits per heavy atom. The first-order valence-electron chi connectivity index (χ1n) is 2.70. The Morgan fingerprint density at radius 1 is 1.67 bits per heavy atom. The summed E-state index contributed by atoms with van der Waals surface area (Å²) in [5.41, 5.74) is 3.67. The van der Waals surface area contributed by atoms with Gasteiger partial charge in [0.2, 0.25) is 0 Å². The number of nitrogens with two attached hydrogens (primary N) is 1. The van der Waals surface area contributed by atoms with Gasteiger partial charge in [-0.15, -0.1) is 0 Å². The lowest BCUT2D eigenvalue weighted by Crippen LogP contribution is -2.41. The molecule has 1 rings (SSSR count). The predicted molar refractivity (Wildman–Crippen MR) is 33.6 cm³/mol. The molecule has 0 aliphatic heterocycles. The van der Waals surface area contributed by atoms with E-state index in [1.807, 2.05) is 0 Å². The zero-order valence-corrected chi connectivity index (χ0v) is 4.91. The molecular weight excluding hydrogens is 118 g/mol. The van der Waals surface area contributed by atoms with Gasteiger partial charge in [0.15, 0.2) is 5.72 Å². The van der Waals surface area contributed by atoms with Crippen molar-refractivity contribution in [1.82, 2.24) is 0 Å². The molecule has 1 aliphatic carbocycles. The molecule has 0 bridgehead atoms. The number of hydrogen-bond acceptors (Lipinski definition) is 3. The smallest absolute Gasteiger partial charge is 0.175 e. The van der Waals surface area contributed by atoms with Crippen molar-refractivity contribution in [2.24, 2.45) is 5.73 Å². The number of allylic oxidation sites excluding steroid dienone is 2. The first-order chi connectivity index (χ1) is 4.13. The van der Waals surface area contributed by atoms with E-state index in [4.69, 9.17) is 15.9 Å². The van der Waals surface area contributed by atoms with Gasteiger partial charge in [-0.1, -0.05) is 12.2 Å². The van der Waals surface area contributed by atoms with Crippen molar-refractivity contribution in [2.75, 3.05) is 0 Å². The number of rotatable bonds is 0. The van der Waals surface area contributed by atoms with Crippen LogP contribution in [0.2, 0.25) is 0 Å². The molecule has 50 valence electrons. The second-order valence-corrected chi connectivity index (χ2v) is 2.11. The third-order valence-electron chi connectivity index (χ3n) is 1.26. The highest BCUT2D eigenvalue weighted by atomic mass is 16.3. The molecule has 1 atom stereocenters. The standard InChI is InChI=1S/C6H9NO2/c7-6(9)4-2-1-3-5(6)8/h1-3,8-9H,4,7H2. The molecule has 0 aromatic carbocycles. The minimum absolute atomic E-state index is 0.176. The lowest BCUT2D eigenvalue weighted by Gasteiger charge is -2.22. The largest absolute Gasteiger partial charge is 0.508 e. The fourth-order valence-corrected chi connectivity index (χ4v) is 0.656. The number of hydrogen-bond donors (Lipinski definition) is 3. The topological polar surface area (TPSA) is 66.5 Å². The number of aliphatic hydroxyl groups excluding tert-OH is 1. The number of aliphatic hydroxyl groups is 2. The van der Waals surface area contributed by atoms with Gasteiger partial charge in [0.1, 0.15) is 5.76 Å². The Bertz CT molecular complexity index is 170. The van der Waals surface area contributed by atoms with Crippen LogP contribution < -0.4 is 5.73 Å². The van der Waals surface area contributed by atoms with Gasteiger partial charge in [0.25, 0.3) is 0 Å². The van der Waals surface area contributed by atoms with Gasteiger partial charge < -0.3 is 10.2 Å². The normalized spacial score (nSPS) is 34.2. The van der Waals surface area contributed by atoms with E-state index >= 15 is 0 Å². The van der Waals surface area contributed by atoms with E-state index in [-0.39, 0.29) is 12.2 Å². The van der Waals surface area contributed by atoms with Crippen molar-refractivity contribution >= 4 is 0 Å². The minimum atomic E-state index is -1.53. The summed E-state index contributed by atoms with van der Waals surface area (Å²) in [6.45, 7) is 0.